The molecule has 19 heavy (non-hydrogen) atoms. The molecule has 6 heteroatoms. The van der Waals surface area contributed by atoms with E-state index in [0.717, 1.165) is 0 Å². The maximum Gasteiger partial charge on any atom is 0.320 e. The fourth-order valence-corrected chi connectivity index (χ4v) is 2.23. The average Bonchev–Trinajstić information content (AvgIpc) is 2.64. The van der Waals surface area contributed by atoms with Crippen LogP contribution in [0.5, 0.6) is 0 Å². The van der Waals surface area contributed by atoms with Gasteiger partial charge in [-0.1, -0.05) is 12.1 Å². The molecule has 0 bridgehead atoms. The number of hydrogen-bond donors (Lipinski definition) is 1. The van der Waals surface area contributed by atoms with Gasteiger partial charge in [-0.25, -0.2) is 9.18 Å². The fraction of sp³-hybridized carbons (Fsp3) is 0.385. The highest BCUT2D eigenvalue weighted by molar-refractivity contribution is 5.78. The van der Waals surface area contributed by atoms with Gasteiger partial charge in [0.25, 0.3) is 0 Å². The molecule has 0 aromatic heterocycles. The van der Waals surface area contributed by atoms with Crippen molar-refractivity contribution in [1.82, 2.24) is 9.80 Å². The normalized spacial score (nSPS) is 19.1. The number of carboxylic acid groups (broad SMARTS) is 1. The Morgan fingerprint density at radius 1 is 1.53 bits per heavy atom. The third-order valence-corrected chi connectivity index (χ3v) is 3.26. The van der Waals surface area contributed by atoms with Crippen molar-refractivity contribution in [2.75, 3.05) is 20.1 Å². The molecule has 2 rings (SSSR count). The van der Waals surface area contributed by atoms with Gasteiger partial charge < -0.3 is 14.9 Å². The van der Waals surface area contributed by atoms with Gasteiger partial charge in [0.05, 0.1) is 12.5 Å². The Bertz CT molecular complexity index is 506. The molecule has 1 aliphatic rings. The molecule has 1 aliphatic heterocycles. The predicted molar refractivity (Wildman–Crippen MR) is 66.1 cm³/mol. The Hall–Kier alpha value is -2.11. The first-order valence-corrected chi connectivity index (χ1v) is 5.98. The van der Waals surface area contributed by atoms with Gasteiger partial charge in [0.1, 0.15) is 5.82 Å². The SMILES string of the molecule is CN1C(=O)N(CCC(=O)O)CC1c1cccc(F)c1. The highest BCUT2D eigenvalue weighted by Gasteiger charge is 2.35. The summed E-state index contributed by atoms with van der Waals surface area (Å²) in [6.07, 6.45) is -0.0878. The van der Waals surface area contributed by atoms with Crippen molar-refractivity contribution in [3.63, 3.8) is 0 Å². The molecule has 5 nitrogen and oxygen atoms in total. The predicted octanol–water partition coefficient (Wildman–Crippen LogP) is 1.71. The Labute approximate surface area is 110 Å². The van der Waals surface area contributed by atoms with Crippen molar-refractivity contribution in [3.05, 3.63) is 35.6 Å². The summed E-state index contributed by atoms with van der Waals surface area (Å²) >= 11 is 0. The lowest BCUT2D eigenvalue weighted by Crippen LogP contribution is -2.31. The number of aliphatic carboxylic acids is 1. The van der Waals surface area contributed by atoms with E-state index in [2.05, 4.69) is 0 Å². The lowest BCUT2D eigenvalue weighted by atomic mass is 10.1. The molecule has 1 atom stereocenters. The molecular formula is C13H15FN2O3. The van der Waals surface area contributed by atoms with Gasteiger partial charge in [0, 0.05) is 20.1 Å². The molecule has 0 aliphatic carbocycles. The molecule has 1 saturated heterocycles. The minimum absolute atomic E-state index is 0.0878. The second-order valence-electron chi connectivity index (χ2n) is 4.55. The van der Waals surface area contributed by atoms with Crippen molar-refractivity contribution in [1.29, 1.82) is 0 Å². The number of amides is 2. The molecule has 1 N–H and O–H groups in total. The number of rotatable bonds is 4. The van der Waals surface area contributed by atoms with E-state index in [4.69, 9.17) is 5.11 Å². The summed E-state index contributed by atoms with van der Waals surface area (Å²) < 4.78 is 13.2. The van der Waals surface area contributed by atoms with Gasteiger partial charge >= 0.3 is 12.0 Å². The van der Waals surface area contributed by atoms with Crippen LogP contribution in [0.1, 0.15) is 18.0 Å². The van der Waals surface area contributed by atoms with E-state index in [1.807, 2.05) is 0 Å². The number of likely N-dealkylation sites (N-methyl/N-ethyl adjacent to an activating group) is 1. The first-order chi connectivity index (χ1) is 8.99. The molecule has 1 heterocycles. The van der Waals surface area contributed by atoms with Crippen LogP contribution < -0.4 is 0 Å². The molecular weight excluding hydrogens is 251 g/mol. The van der Waals surface area contributed by atoms with E-state index in [0.29, 0.717) is 12.1 Å². The molecule has 1 unspecified atom stereocenters. The van der Waals surface area contributed by atoms with Crippen molar-refractivity contribution in [2.45, 2.75) is 12.5 Å². The topological polar surface area (TPSA) is 60.9 Å². The van der Waals surface area contributed by atoms with Crippen LogP contribution in [0.4, 0.5) is 9.18 Å². The maximum absolute atomic E-state index is 13.2. The standard InChI is InChI=1S/C13H15FN2O3/c1-15-11(9-3-2-4-10(14)7-9)8-16(13(15)19)6-5-12(17)18/h2-4,7,11H,5-6,8H2,1H3,(H,17,18). The van der Waals surface area contributed by atoms with Crippen LogP contribution in [-0.2, 0) is 4.79 Å². The molecule has 1 fully saturated rings. The van der Waals surface area contributed by atoms with Gasteiger partial charge in [-0.05, 0) is 17.7 Å². The quantitative estimate of drug-likeness (QED) is 0.902. The van der Waals surface area contributed by atoms with Crippen LogP contribution in [0.3, 0.4) is 0 Å². The van der Waals surface area contributed by atoms with E-state index in [-0.39, 0.29) is 30.9 Å². The van der Waals surface area contributed by atoms with Crippen LogP contribution in [0.15, 0.2) is 24.3 Å². The van der Waals surface area contributed by atoms with Crippen molar-refractivity contribution < 1.29 is 19.1 Å². The monoisotopic (exact) mass is 266 g/mol. The minimum atomic E-state index is -0.940. The third-order valence-electron chi connectivity index (χ3n) is 3.26. The van der Waals surface area contributed by atoms with E-state index in [1.165, 1.54) is 21.9 Å². The molecule has 0 radical (unpaired) electrons. The number of benzene rings is 1. The summed E-state index contributed by atoms with van der Waals surface area (Å²) in [7, 11) is 1.64. The molecule has 1 aromatic rings. The van der Waals surface area contributed by atoms with Crippen molar-refractivity contribution in [3.8, 4) is 0 Å². The first kappa shape index (κ1) is 13.3. The number of halogens is 1. The molecule has 0 spiro atoms. The minimum Gasteiger partial charge on any atom is -0.481 e. The summed E-state index contributed by atoms with van der Waals surface area (Å²) in [5.41, 5.74) is 0.716. The van der Waals surface area contributed by atoms with E-state index < -0.39 is 5.97 Å². The third kappa shape index (κ3) is 2.83. The number of hydrogen-bond acceptors (Lipinski definition) is 2. The van der Waals surface area contributed by atoms with Crippen LogP contribution >= 0.6 is 0 Å². The second kappa shape index (κ2) is 5.26. The maximum atomic E-state index is 13.2. The van der Waals surface area contributed by atoms with Gasteiger partial charge in [-0.2, -0.15) is 0 Å². The summed E-state index contributed by atoms with van der Waals surface area (Å²) in [5, 5.41) is 8.64. The number of carbonyl (C=O) groups is 2. The first-order valence-electron chi connectivity index (χ1n) is 5.98. The van der Waals surface area contributed by atoms with E-state index >= 15 is 0 Å². The zero-order valence-corrected chi connectivity index (χ0v) is 10.5. The lowest BCUT2D eigenvalue weighted by Gasteiger charge is -2.17. The number of carboxylic acids is 1. The largest absolute Gasteiger partial charge is 0.481 e. The Kier molecular flexibility index (Phi) is 3.69. The average molecular weight is 266 g/mol. The van der Waals surface area contributed by atoms with Gasteiger partial charge in [0.15, 0.2) is 0 Å². The molecule has 2 amide bonds. The molecule has 1 aromatic carbocycles. The summed E-state index contributed by atoms with van der Waals surface area (Å²) in [4.78, 5) is 25.5. The van der Waals surface area contributed by atoms with Gasteiger partial charge in [0.2, 0.25) is 0 Å². The Balaban J connectivity index is 2.12. The number of carbonyl (C=O) groups excluding carboxylic acids is 1. The van der Waals surface area contributed by atoms with Gasteiger partial charge in [-0.3, -0.25) is 4.79 Å². The van der Waals surface area contributed by atoms with Crippen LogP contribution in [0.25, 0.3) is 0 Å². The Morgan fingerprint density at radius 3 is 2.89 bits per heavy atom. The van der Waals surface area contributed by atoms with E-state index in [9.17, 15) is 14.0 Å². The van der Waals surface area contributed by atoms with Gasteiger partial charge in [-0.15, -0.1) is 0 Å². The van der Waals surface area contributed by atoms with Crippen molar-refractivity contribution >= 4 is 12.0 Å². The number of nitrogens with zero attached hydrogens (tertiary/aromatic N) is 2. The lowest BCUT2D eigenvalue weighted by molar-refractivity contribution is -0.137. The van der Waals surface area contributed by atoms with E-state index in [1.54, 1.807) is 19.2 Å². The zero-order valence-electron chi connectivity index (χ0n) is 10.5. The summed E-state index contributed by atoms with van der Waals surface area (Å²) in [6.45, 7) is 0.552. The fourth-order valence-electron chi connectivity index (χ4n) is 2.23. The summed E-state index contributed by atoms with van der Waals surface area (Å²) in [5.74, 6) is -1.29. The van der Waals surface area contributed by atoms with Crippen LogP contribution in [0, 0.1) is 5.82 Å². The van der Waals surface area contributed by atoms with Crippen molar-refractivity contribution in [2.24, 2.45) is 0 Å². The second-order valence-corrected chi connectivity index (χ2v) is 4.55. The highest BCUT2D eigenvalue weighted by Crippen LogP contribution is 2.28. The van der Waals surface area contributed by atoms with Crippen LogP contribution in [0.2, 0.25) is 0 Å². The zero-order chi connectivity index (χ0) is 14.0. The van der Waals surface area contributed by atoms with Crippen LogP contribution in [-0.4, -0.2) is 47.0 Å². The Morgan fingerprint density at radius 2 is 2.26 bits per heavy atom. The number of urea groups is 1. The molecule has 102 valence electrons. The smallest absolute Gasteiger partial charge is 0.320 e. The molecule has 0 saturated carbocycles. The summed E-state index contributed by atoms with van der Waals surface area (Å²) in [6, 6.07) is 5.64. The highest BCUT2D eigenvalue weighted by atomic mass is 19.1.